The van der Waals surface area contributed by atoms with E-state index in [1.807, 2.05) is 61.5 Å². The lowest BCUT2D eigenvalue weighted by atomic mass is 10.0. The summed E-state index contributed by atoms with van der Waals surface area (Å²) in [4.78, 5) is 12.9. The number of hydrogen-bond donors (Lipinski definition) is 3. The molecule has 8 heteroatoms. The molecule has 0 unspecified atom stereocenters. The van der Waals surface area contributed by atoms with Crippen LogP contribution in [-0.4, -0.2) is 21.0 Å². The number of aryl methyl sites for hydroxylation is 1. The Morgan fingerprint density at radius 3 is 2.28 bits per heavy atom. The molecule has 150 valence electrons. The molecule has 0 spiro atoms. The minimum absolute atomic E-state index is 0.211. The van der Waals surface area contributed by atoms with Crippen molar-refractivity contribution in [2.24, 2.45) is 0 Å². The van der Waals surface area contributed by atoms with Gasteiger partial charge < -0.3 is 16.0 Å². The number of anilines is 1. The van der Waals surface area contributed by atoms with Crippen molar-refractivity contribution in [2.75, 3.05) is 5.32 Å². The van der Waals surface area contributed by atoms with Gasteiger partial charge in [0.15, 0.2) is 5.11 Å². The number of amides is 1. The molecule has 3 rings (SSSR count). The molecule has 3 aromatic rings. The fourth-order valence-corrected chi connectivity index (χ4v) is 3.33. The van der Waals surface area contributed by atoms with Crippen LogP contribution in [0.3, 0.4) is 0 Å². The van der Waals surface area contributed by atoms with E-state index in [-0.39, 0.29) is 11.0 Å². The molecule has 3 N–H and O–H groups in total. The number of hydrogen-bond acceptors (Lipinski definition) is 2. The summed E-state index contributed by atoms with van der Waals surface area (Å²) in [7, 11) is 0. The van der Waals surface area contributed by atoms with Crippen LogP contribution in [0.2, 0.25) is 0 Å². The van der Waals surface area contributed by atoms with Gasteiger partial charge in [-0.15, -0.1) is 0 Å². The Kier molecular flexibility index (Phi) is 6.85. The van der Waals surface area contributed by atoms with Crippen molar-refractivity contribution >= 4 is 74.5 Å². The maximum absolute atomic E-state index is 12.9. The van der Waals surface area contributed by atoms with Gasteiger partial charge in [0.2, 0.25) is 3.79 Å². The molecule has 0 bridgehead atoms. The smallest absolute Gasteiger partial charge is 0.253 e. The molecule has 0 aliphatic heterocycles. The lowest BCUT2D eigenvalue weighted by molar-refractivity contribution is 0.0936. The number of rotatable bonds is 4. The van der Waals surface area contributed by atoms with Crippen molar-refractivity contribution in [1.29, 1.82) is 0 Å². The minimum atomic E-state index is -1.83. The molecular formula is C21H18Cl3N3OS. The summed E-state index contributed by atoms with van der Waals surface area (Å²) in [5, 5.41) is 10.5. The van der Waals surface area contributed by atoms with Gasteiger partial charge in [-0.25, -0.2) is 0 Å². The van der Waals surface area contributed by atoms with Crippen molar-refractivity contribution in [1.82, 2.24) is 10.6 Å². The molecule has 0 aliphatic carbocycles. The van der Waals surface area contributed by atoms with Crippen LogP contribution in [0.5, 0.6) is 0 Å². The fraction of sp³-hybridized carbons (Fsp3) is 0.143. The second-order valence-corrected chi connectivity index (χ2v) is 9.22. The second kappa shape index (κ2) is 9.18. The third-order valence-corrected chi connectivity index (χ3v) is 5.10. The molecule has 0 aliphatic rings. The first-order chi connectivity index (χ1) is 13.7. The van der Waals surface area contributed by atoms with Crippen molar-refractivity contribution < 1.29 is 4.79 Å². The monoisotopic (exact) mass is 465 g/mol. The van der Waals surface area contributed by atoms with E-state index in [4.69, 9.17) is 47.0 Å². The Bertz CT molecular complexity index is 1030. The van der Waals surface area contributed by atoms with E-state index in [1.165, 1.54) is 0 Å². The Morgan fingerprint density at radius 2 is 1.59 bits per heavy atom. The van der Waals surface area contributed by atoms with Gasteiger partial charge in [-0.1, -0.05) is 88.9 Å². The van der Waals surface area contributed by atoms with Crippen LogP contribution in [0.1, 0.15) is 15.9 Å². The van der Waals surface area contributed by atoms with Crippen molar-refractivity contribution in [3.63, 3.8) is 0 Å². The Morgan fingerprint density at radius 1 is 0.931 bits per heavy atom. The van der Waals surface area contributed by atoms with E-state index in [0.29, 0.717) is 5.56 Å². The zero-order valence-electron chi connectivity index (χ0n) is 15.4. The molecule has 4 nitrogen and oxygen atoms in total. The molecule has 1 atom stereocenters. The van der Waals surface area contributed by atoms with Gasteiger partial charge in [0, 0.05) is 11.3 Å². The van der Waals surface area contributed by atoms with Crippen LogP contribution in [0.4, 0.5) is 5.69 Å². The largest absolute Gasteiger partial charge is 0.339 e. The van der Waals surface area contributed by atoms with Gasteiger partial charge in [-0.3, -0.25) is 4.79 Å². The number of halogens is 3. The molecule has 0 aromatic heterocycles. The molecule has 0 saturated carbocycles. The van der Waals surface area contributed by atoms with Gasteiger partial charge in [0.05, 0.1) is 0 Å². The van der Waals surface area contributed by atoms with Crippen LogP contribution in [-0.2, 0) is 0 Å². The third-order valence-electron chi connectivity index (χ3n) is 4.22. The van der Waals surface area contributed by atoms with Gasteiger partial charge in [-0.05, 0) is 48.1 Å². The normalized spacial score (nSPS) is 12.3. The Balaban J connectivity index is 1.76. The summed E-state index contributed by atoms with van der Waals surface area (Å²) in [6.07, 6.45) is -1.05. The summed E-state index contributed by atoms with van der Waals surface area (Å²) >= 11 is 23.6. The van der Waals surface area contributed by atoms with Gasteiger partial charge in [-0.2, -0.15) is 0 Å². The highest BCUT2D eigenvalue weighted by Gasteiger charge is 2.35. The highest BCUT2D eigenvalue weighted by molar-refractivity contribution is 7.80. The van der Waals surface area contributed by atoms with E-state index >= 15 is 0 Å². The summed E-state index contributed by atoms with van der Waals surface area (Å²) in [6, 6.07) is 20.7. The van der Waals surface area contributed by atoms with Crippen molar-refractivity contribution in [3.8, 4) is 0 Å². The van der Waals surface area contributed by atoms with Crippen LogP contribution in [0.15, 0.2) is 66.7 Å². The number of thiocarbonyl (C=S) groups is 1. The van der Waals surface area contributed by atoms with E-state index < -0.39 is 9.96 Å². The highest BCUT2D eigenvalue weighted by Crippen LogP contribution is 2.30. The fourth-order valence-electron chi connectivity index (χ4n) is 2.77. The number of alkyl halides is 3. The molecule has 29 heavy (non-hydrogen) atoms. The van der Waals surface area contributed by atoms with Crippen LogP contribution in [0.25, 0.3) is 10.8 Å². The summed E-state index contributed by atoms with van der Waals surface area (Å²) in [5.74, 6) is -0.385. The quantitative estimate of drug-likeness (QED) is 0.268. The van der Waals surface area contributed by atoms with Crippen LogP contribution < -0.4 is 16.0 Å². The average Bonchev–Trinajstić information content (AvgIpc) is 2.68. The molecule has 0 radical (unpaired) electrons. The molecule has 1 amide bonds. The van der Waals surface area contributed by atoms with Gasteiger partial charge in [0.1, 0.15) is 6.17 Å². The van der Waals surface area contributed by atoms with Crippen LogP contribution >= 0.6 is 47.0 Å². The first kappa shape index (κ1) is 21.7. The first-order valence-corrected chi connectivity index (χ1v) is 10.3. The van der Waals surface area contributed by atoms with E-state index in [0.717, 1.165) is 22.0 Å². The average molecular weight is 467 g/mol. The van der Waals surface area contributed by atoms with E-state index in [9.17, 15) is 4.79 Å². The maximum atomic E-state index is 12.9. The predicted octanol–water partition coefficient (Wildman–Crippen LogP) is 5.56. The topological polar surface area (TPSA) is 53.2 Å². The lowest BCUT2D eigenvalue weighted by Crippen LogP contribution is -2.56. The third kappa shape index (κ3) is 5.73. The summed E-state index contributed by atoms with van der Waals surface area (Å²) in [6.45, 7) is 1.99. The summed E-state index contributed by atoms with van der Waals surface area (Å²) < 4.78 is -1.83. The summed E-state index contributed by atoms with van der Waals surface area (Å²) in [5.41, 5.74) is 2.37. The maximum Gasteiger partial charge on any atom is 0.253 e. The van der Waals surface area contributed by atoms with Crippen molar-refractivity contribution in [3.05, 3.63) is 77.9 Å². The van der Waals surface area contributed by atoms with E-state index in [2.05, 4.69) is 16.0 Å². The van der Waals surface area contributed by atoms with Gasteiger partial charge >= 0.3 is 0 Å². The number of fused-ring (bicyclic) bond motifs is 1. The zero-order valence-corrected chi connectivity index (χ0v) is 18.5. The Labute approximate surface area is 189 Å². The molecule has 0 heterocycles. The molecule has 0 saturated heterocycles. The number of nitrogens with one attached hydrogen (secondary N) is 3. The number of carbonyl (C=O) groups excluding carboxylic acids is 1. The Hall–Kier alpha value is -2.05. The molecule has 0 fully saturated rings. The van der Waals surface area contributed by atoms with E-state index in [1.54, 1.807) is 12.1 Å². The predicted molar refractivity (Wildman–Crippen MR) is 126 cm³/mol. The van der Waals surface area contributed by atoms with Crippen LogP contribution in [0, 0.1) is 6.92 Å². The minimum Gasteiger partial charge on any atom is -0.339 e. The SMILES string of the molecule is Cc1ccc(NC(=S)N[C@H](NC(=O)c2cccc3ccccc23)C(Cl)(Cl)Cl)cc1. The van der Waals surface area contributed by atoms with Gasteiger partial charge in [0.25, 0.3) is 5.91 Å². The number of carbonyl (C=O) groups is 1. The first-order valence-electron chi connectivity index (χ1n) is 8.73. The standard InChI is InChI=1S/C21H18Cl3N3OS/c1-13-9-11-15(12-10-13)25-20(29)27-19(21(22,23)24)26-18(28)17-8-4-6-14-5-2-3-7-16(14)17/h2-12,19H,1H3,(H,26,28)(H2,25,27,29)/t19-/m0/s1. The molecule has 3 aromatic carbocycles. The number of benzene rings is 3. The molecular weight excluding hydrogens is 449 g/mol. The zero-order chi connectivity index (χ0) is 21.0. The lowest BCUT2D eigenvalue weighted by Gasteiger charge is -2.28. The second-order valence-electron chi connectivity index (χ2n) is 6.44. The van der Waals surface area contributed by atoms with Crippen molar-refractivity contribution in [2.45, 2.75) is 16.9 Å². The highest BCUT2D eigenvalue weighted by atomic mass is 35.6.